The Morgan fingerprint density at radius 2 is 1.59 bits per heavy atom. The molecular weight excluding hydrogens is 493 g/mol. The van der Waals surface area contributed by atoms with Gasteiger partial charge in [-0.3, -0.25) is 14.2 Å². The molecule has 0 aliphatic rings. The number of hydrogen-bond donors (Lipinski definition) is 0. The Morgan fingerprint density at radius 1 is 0.923 bits per heavy atom. The first-order chi connectivity index (χ1) is 19.0. The summed E-state index contributed by atoms with van der Waals surface area (Å²) in [6.07, 6.45) is 0.438. The van der Waals surface area contributed by atoms with Crippen molar-refractivity contribution < 1.29 is 13.9 Å². The summed E-state index contributed by atoms with van der Waals surface area (Å²) in [6, 6.07) is 29.1. The molecule has 1 amide bonds. The molecule has 0 N–H and O–H groups in total. The highest BCUT2D eigenvalue weighted by molar-refractivity contribution is 5.94. The number of rotatable bonds is 8. The SMILES string of the molecule is CCC(c1nc2ccccc2c(=O)n1-c1ccc(OC)cc1)N(Cc1ccccc1)C(=O)c1ccccc1F. The number of amides is 1. The van der Waals surface area contributed by atoms with Crippen molar-refractivity contribution in [3.63, 3.8) is 0 Å². The first-order valence-corrected chi connectivity index (χ1v) is 12.8. The van der Waals surface area contributed by atoms with Gasteiger partial charge < -0.3 is 9.64 Å². The van der Waals surface area contributed by atoms with Crippen molar-refractivity contribution in [1.29, 1.82) is 0 Å². The molecule has 0 saturated carbocycles. The molecule has 0 aliphatic carbocycles. The summed E-state index contributed by atoms with van der Waals surface area (Å²) < 4.78 is 21.7. The van der Waals surface area contributed by atoms with E-state index in [1.54, 1.807) is 71.2 Å². The van der Waals surface area contributed by atoms with Crippen LogP contribution in [-0.2, 0) is 6.54 Å². The Kier molecular flexibility index (Phi) is 7.50. The van der Waals surface area contributed by atoms with Gasteiger partial charge in [0.1, 0.15) is 17.4 Å². The zero-order chi connectivity index (χ0) is 27.4. The minimum atomic E-state index is -0.642. The molecule has 0 aliphatic heterocycles. The van der Waals surface area contributed by atoms with Crippen LogP contribution >= 0.6 is 0 Å². The highest BCUT2D eigenvalue weighted by Gasteiger charge is 2.31. The first-order valence-electron chi connectivity index (χ1n) is 12.8. The lowest BCUT2D eigenvalue weighted by molar-refractivity contribution is 0.0636. The molecule has 39 heavy (non-hydrogen) atoms. The number of nitrogens with zero attached hydrogens (tertiary/aromatic N) is 3. The number of carbonyl (C=O) groups excluding carboxylic acids is 1. The van der Waals surface area contributed by atoms with Crippen LogP contribution in [0.1, 0.15) is 41.1 Å². The maximum absolute atomic E-state index is 14.9. The van der Waals surface area contributed by atoms with Crippen LogP contribution in [0.5, 0.6) is 5.75 Å². The Labute approximate surface area is 225 Å². The van der Waals surface area contributed by atoms with Crippen LogP contribution in [0.3, 0.4) is 0 Å². The second-order valence-electron chi connectivity index (χ2n) is 9.15. The minimum absolute atomic E-state index is 0.0361. The Morgan fingerprint density at radius 3 is 2.28 bits per heavy atom. The second kappa shape index (κ2) is 11.3. The summed E-state index contributed by atoms with van der Waals surface area (Å²) in [4.78, 5) is 34.4. The standard InChI is InChI=1S/C32H28FN3O3/c1-3-29(35(21-22-11-5-4-6-12-22)31(37)25-13-7-9-15-27(25)33)30-34-28-16-10-8-14-26(28)32(38)36(30)23-17-19-24(39-2)20-18-23/h4-20,29H,3,21H2,1-2H3. The summed E-state index contributed by atoms with van der Waals surface area (Å²) in [7, 11) is 1.58. The van der Waals surface area contributed by atoms with Crippen molar-refractivity contribution in [1.82, 2.24) is 14.5 Å². The molecule has 0 saturated heterocycles. The average Bonchev–Trinajstić information content (AvgIpc) is 2.98. The molecule has 1 heterocycles. The van der Waals surface area contributed by atoms with Gasteiger partial charge >= 0.3 is 0 Å². The van der Waals surface area contributed by atoms with Gasteiger partial charge in [-0.25, -0.2) is 9.37 Å². The van der Waals surface area contributed by atoms with E-state index in [4.69, 9.17) is 9.72 Å². The lowest BCUT2D eigenvalue weighted by atomic mass is 10.1. The van der Waals surface area contributed by atoms with Crippen molar-refractivity contribution in [2.45, 2.75) is 25.9 Å². The number of carbonyl (C=O) groups is 1. The molecule has 1 atom stereocenters. The summed E-state index contributed by atoms with van der Waals surface area (Å²) in [5.74, 6) is -0.0384. The first kappa shape index (κ1) is 25.9. The zero-order valence-electron chi connectivity index (χ0n) is 21.8. The largest absolute Gasteiger partial charge is 0.497 e. The molecule has 5 rings (SSSR count). The molecule has 0 fully saturated rings. The van der Waals surface area contributed by atoms with E-state index in [0.29, 0.717) is 34.6 Å². The highest BCUT2D eigenvalue weighted by atomic mass is 19.1. The quantitative estimate of drug-likeness (QED) is 0.239. The van der Waals surface area contributed by atoms with E-state index in [0.717, 1.165) is 5.56 Å². The average molecular weight is 522 g/mol. The molecule has 0 bridgehead atoms. The number of methoxy groups -OCH3 is 1. The highest BCUT2D eigenvalue weighted by Crippen LogP contribution is 2.30. The monoisotopic (exact) mass is 521 g/mol. The van der Waals surface area contributed by atoms with Gasteiger partial charge in [-0.15, -0.1) is 0 Å². The van der Waals surface area contributed by atoms with Crippen LogP contribution in [0.4, 0.5) is 4.39 Å². The number of fused-ring (bicyclic) bond motifs is 1. The molecule has 1 unspecified atom stereocenters. The number of para-hydroxylation sites is 1. The molecule has 1 aromatic heterocycles. The van der Waals surface area contributed by atoms with E-state index < -0.39 is 17.8 Å². The molecule has 5 aromatic rings. The predicted octanol–water partition coefficient (Wildman–Crippen LogP) is 6.33. The van der Waals surface area contributed by atoms with E-state index >= 15 is 0 Å². The van der Waals surface area contributed by atoms with Crippen LogP contribution in [0.15, 0.2) is 108 Å². The molecule has 6 nitrogen and oxygen atoms in total. The van der Waals surface area contributed by atoms with Crippen molar-refractivity contribution in [3.8, 4) is 11.4 Å². The van der Waals surface area contributed by atoms with Crippen LogP contribution in [0, 0.1) is 5.82 Å². The van der Waals surface area contributed by atoms with E-state index in [9.17, 15) is 14.0 Å². The van der Waals surface area contributed by atoms with Crippen molar-refractivity contribution in [2.24, 2.45) is 0 Å². The number of halogens is 1. The van der Waals surface area contributed by atoms with Crippen LogP contribution < -0.4 is 10.3 Å². The van der Waals surface area contributed by atoms with Crippen molar-refractivity contribution in [3.05, 3.63) is 136 Å². The summed E-state index contributed by atoms with van der Waals surface area (Å²) in [6.45, 7) is 2.13. The summed E-state index contributed by atoms with van der Waals surface area (Å²) in [5, 5.41) is 0.460. The Balaban J connectivity index is 1.74. The molecule has 0 radical (unpaired) electrons. The molecular formula is C32H28FN3O3. The van der Waals surface area contributed by atoms with E-state index in [1.165, 1.54) is 12.1 Å². The van der Waals surface area contributed by atoms with Gasteiger partial charge in [-0.2, -0.15) is 0 Å². The molecule has 196 valence electrons. The van der Waals surface area contributed by atoms with Gasteiger partial charge in [-0.05, 0) is 60.5 Å². The minimum Gasteiger partial charge on any atom is -0.497 e. The fraction of sp³-hybridized carbons (Fsp3) is 0.156. The maximum atomic E-state index is 14.9. The third-order valence-electron chi connectivity index (χ3n) is 6.75. The van der Waals surface area contributed by atoms with Crippen molar-refractivity contribution >= 4 is 16.8 Å². The smallest absolute Gasteiger partial charge is 0.266 e. The number of hydrogen-bond acceptors (Lipinski definition) is 4. The number of ether oxygens (including phenoxy) is 1. The topological polar surface area (TPSA) is 64.4 Å². The van der Waals surface area contributed by atoms with Gasteiger partial charge in [0.05, 0.1) is 35.3 Å². The normalized spacial score (nSPS) is 11.8. The van der Waals surface area contributed by atoms with E-state index in [2.05, 4.69) is 0 Å². The van der Waals surface area contributed by atoms with Gasteiger partial charge in [0.2, 0.25) is 0 Å². The van der Waals surface area contributed by atoms with Crippen molar-refractivity contribution in [2.75, 3.05) is 7.11 Å². The van der Waals surface area contributed by atoms with Gasteiger partial charge in [0.15, 0.2) is 0 Å². The van der Waals surface area contributed by atoms with Crippen LogP contribution in [0.25, 0.3) is 16.6 Å². The fourth-order valence-corrected chi connectivity index (χ4v) is 4.79. The predicted molar refractivity (Wildman–Crippen MR) is 150 cm³/mol. The molecule has 4 aromatic carbocycles. The maximum Gasteiger partial charge on any atom is 0.266 e. The lowest BCUT2D eigenvalue weighted by Gasteiger charge is -2.32. The third-order valence-corrected chi connectivity index (χ3v) is 6.75. The van der Waals surface area contributed by atoms with Crippen LogP contribution in [0.2, 0.25) is 0 Å². The Hall–Kier alpha value is -4.78. The van der Waals surface area contributed by atoms with Gasteiger partial charge in [0.25, 0.3) is 11.5 Å². The van der Waals surface area contributed by atoms with Gasteiger partial charge in [-0.1, -0.05) is 61.5 Å². The number of aromatic nitrogens is 2. The van der Waals surface area contributed by atoms with Gasteiger partial charge in [0, 0.05) is 6.54 Å². The van der Waals surface area contributed by atoms with Crippen LogP contribution in [-0.4, -0.2) is 27.5 Å². The summed E-state index contributed by atoms with van der Waals surface area (Å²) in [5.41, 5.74) is 1.70. The lowest BCUT2D eigenvalue weighted by Crippen LogP contribution is -2.38. The molecule has 7 heteroatoms. The second-order valence-corrected chi connectivity index (χ2v) is 9.15. The van der Waals surface area contributed by atoms with E-state index in [-0.39, 0.29) is 17.7 Å². The summed E-state index contributed by atoms with van der Waals surface area (Å²) >= 11 is 0. The molecule has 0 spiro atoms. The van der Waals surface area contributed by atoms with E-state index in [1.807, 2.05) is 43.3 Å². The zero-order valence-corrected chi connectivity index (χ0v) is 21.8. The fourth-order valence-electron chi connectivity index (χ4n) is 4.79. The number of benzene rings is 4. The Bertz CT molecular complexity index is 1670. The third kappa shape index (κ3) is 5.16.